The summed E-state index contributed by atoms with van der Waals surface area (Å²) in [4.78, 5) is 25.2. The Balaban J connectivity index is 1.85. The summed E-state index contributed by atoms with van der Waals surface area (Å²) in [7, 11) is 0. The normalized spacial score (nSPS) is 14.6. The fraction of sp³-hybridized carbons (Fsp3) is 0.143. The van der Waals surface area contributed by atoms with Crippen LogP contribution in [0.5, 0.6) is 0 Å². The van der Waals surface area contributed by atoms with Gasteiger partial charge in [-0.15, -0.1) is 0 Å². The molecule has 2 aliphatic heterocycles. The van der Waals surface area contributed by atoms with Crippen molar-refractivity contribution in [2.45, 2.75) is 13.8 Å². The summed E-state index contributed by atoms with van der Waals surface area (Å²) in [5, 5.41) is 15.4. The Kier molecular flexibility index (Phi) is 7.86. The number of benzene rings is 3. The van der Waals surface area contributed by atoms with Gasteiger partial charge in [0.2, 0.25) is 0 Å². The molecule has 8 heteroatoms. The summed E-state index contributed by atoms with van der Waals surface area (Å²) in [5.41, 5.74) is 0.623. The second-order valence-corrected chi connectivity index (χ2v) is 11.9. The minimum atomic E-state index is -0.684. The Morgan fingerprint density at radius 1 is 0.694 bits per heavy atom. The van der Waals surface area contributed by atoms with Crippen LogP contribution in [0.25, 0.3) is 36.1 Å². The lowest BCUT2D eigenvalue weighted by Crippen LogP contribution is -2.18. The highest BCUT2D eigenvalue weighted by molar-refractivity contribution is 8.35. The van der Waals surface area contributed by atoms with E-state index in [1.807, 2.05) is 6.07 Å². The summed E-state index contributed by atoms with van der Waals surface area (Å²) in [6, 6.07) is 14.6. The summed E-state index contributed by atoms with van der Waals surface area (Å²) in [5.74, 6) is -1.37. The molecule has 0 radical (unpaired) electrons. The van der Waals surface area contributed by atoms with Crippen LogP contribution >= 0.6 is 47.0 Å². The van der Waals surface area contributed by atoms with Crippen molar-refractivity contribution in [2.75, 3.05) is 13.2 Å². The zero-order valence-corrected chi connectivity index (χ0v) is 22.9. The molecule has 182 valence electrons. The van der Waals surface area contributed by atoms with Crippen LogP contribution in [0.4, 0.5) is 0 Å². The van der Waals surface area contributed by atoms with E-state index in [-0.39, 0.29) is 18.8 Å². The van der Waals surface area contributed by atoms with Crippen molar-refractivity contribution in [3.63, 3.8) is 0 Å². The highest BCUT2D eigenvalue weighted by atomic mass is 32.2. The number of rotatable bonds is 5. The summed E-state index contributed by atoms with van der Waals surface area (Å²) in [6.45, 7) is 3.77. The molecule has 2 heterocycles. The van der Waals surface area contributed by atoms with Gasteiger partial charge in [0.25, 0.3) is 0 Å². The molecule has 0 atom stereocenters. The molecule has 36 heavy (non-hydrogen) atoms. The van der Waals surface area contributed by atoms with E-state index in [2.05, 4.69) is 58.0 Å². The van der Waals surface area contributed by atoms with Crippen molar-refractivity contribution < 1.29 is 19.1 Å². The van der Waals surface area contributed by atoms with Crippen LogP contribution in [-0.2, 0) is 19.1 Å². The molecule has 0 aromatic heterocycles. The number of fused-ring (bicyclic) bond motifs is 2. The van der Waals surface area contributed by atoms with E-state index in [4.69, 9.17) is 9.47 Å². The smallest absolute Gasteiger partial charge is 0.345 e. The predicted molar refractivity (Wildman–Crippen MR) is 157 cm³/mol. The highest BCUT2D eigenvalue weighted by Crippen LogP contribution is 2.41. The Bertz CT molecular complexity index is 1560. The van der Waals surface area contributed by atoms with Crippen molar-refractivity contribution in [3.05, 3.63) is 85.7 Å². The van der Waals surface area contributed by atoms with Crippen molar-refractivity contribution in [1.29, 1.82) is 0 Å². The zero-order chi connectivity index (χ0) is 25.1. The molecule has 0 aliphatic carbocycles. The van der Waals surface area contributed by atoms with Gasteiger partial charge in [0.1, 0.15) is 5.57 Å². The van der Waals surface area contributed by atoms with Crippen LogP contribution in [0.3, 0.4) is 0 Å². The molecule has 0 saturated carbocycles. The maximum Gasteiger partial charge on any atom is 0.345 e. The van der Waals surface area contributed by atoms with E-state index in [1.54, 1.807) is 67.0 Å². The molecule has 0 fully saturated rings. The van der Waals surface area contributed by atoms with Gasteiger partial charge in [-0.1, -0.05) is 83.4 Å². The van der Waals surface area contributed by atoms with Gasteiger partial charge >= 0.3 is 11.9 Å². The fourth-order valence-corrected chi connectivity index (χ4v) is 8.01. The standard InChI is InChI=1S/C28H22O4S4/c1-3-31-25(29)22(26(30)32-4-2)16-17-9-10-20-21(15-17)24(28-35-13-14-36-28)19-8-6-5-7-18(19)23(20)27-33-11-12-34-27/h5-16H,3-4H2,1-2H3. The first-order chi connectivity index (χ1) is 17.6. The van der Waals surface area contributed by atoms with Gasteiger partial charge in [0.15, 0.2) is 0 Å². The van der Waals surface area contributed by atoms with Crippen molar-refractivity contribution in [2.24, 2.45) is 0 Å². The molecule has 3 aromatic rings. The van der Waals surface area contributed by atoms with E-state index >= 15 is 0 Å². The number of carbonyl (C=O) groups excluding carboxylic acids is 2. The van der Waals surface area contributed by atoms with Crippen molar-refractivity contribution >= 4 is 95.1 Å². The first-order valence-electron chi connectivity index (χ1n) is 11.4. The van der Waals surface area contributed by atoms with Gasteiger partial charge < -0.3 is 9.47 Å². The third kappa shape index (κ3) is 4.87. The Hall–Kier alpha value is -2.52. The molecule has 4 nitrogen and oxygen atoms in total. The second kappa shape index (κ2) is 11.3. The van der Waals surface area contributed by atoms with E-state index in [9.17, 15) is 9.59 Å². The van der Waals surface area contributed by atoms with Gasteiger partial charge in [-0.05, 0) is 74.7 Å². The van der Waals surface area contributed by atoms with E-state index in [0.717, 1.165) is 21.6 Å². The van der Waals surface area contributed by atoms with E-state index in [0.29, 0.717) is 0 Å². The molecule has 2 aliphatic rings. The maximum atomic E-state index is 12.6. The largest absolute Gasteiger partial charge is 0.462 e. The van der Waals surface area contributed by atoms with Gasteiger partial charge in [-0.25, -0.2) is 9.59 Å². The minimum Gasteiger partial charge on any atom is -0.462 e. The third-order valence-electron chi connectivity index (χ3n) is 5.57. The van der Waals surface area contributed by atoms with Crippen LogP contribution in [-0.4, -0.2) is 25.2 Å². The fourth-order valence-electron chi connectivity index (χ4n) is 4.16. The lowest BCUT2D eigenvalue weighted by atomic mass is 9.96. The van der Waals surface area contributed by atoms with Gasteiger partial charge in [0, 0.05) is 10.4 Å². The molecule has 0 N–H and O–H groups in total. The number of thioether (sulfide) groups is 4. The Labute approximate surface area is 225 Å². The summed E-state index contributed by atoms with van der Waals surface area (Å²) in [6.07, 6.45) is 1.57. The van der Waals surface area contributed by atoms with Crippen molar-refractivity contribution in [3.8, 4) is 0 Å². The molecule has 0 unspecified atom stereocenters. The highest BCUT2D eigenvalue weighted by Gasteiger charge is 2.21. The van der Waals surface area contributed by atoms with Crippen molar-refractivity contribution in [1.82, 2.24) is 0 Å². The monoisotopic (exact) mass is 550 g/mol. The lowest BCUT2D eigenvalue weighted by molar-refractivity contribution is -0.146. The summed E-state index contributed by atoms with van der Waals surface area (Å²) < 4.78 is 12.7. The summed E-state index contributed by atoms with van der Waals surface area (Å²) >= 11 is 6.89. The minimum absolute atomic E-state index is 0.111. The first kappa shape index (κ1) is 25.1. The molecular formula is C28H22O4S4. The number of carbonyl (C=O) groups is 2. The number of ether oxygens (including phenoxy) is 2. The first-order valence-corrected chi connectivity index (χ1v) is 14.9. The van der Waals surface area contributed by atoms with Crippen LogP contribution in [0.15, 0.2) is 69.7 Å². The molecule has 0 amide bonds. The van der Waals surface area contributed by atoms with Gasteiger partial charge in [-0.3, -0.25) is 0 Å². The third-order valence-corrected chi connectivity index (χ3v) is 9.83. The topological polar surface area (TPSA) is 52.6 Å². The van der Waals surface area contributed by atoms with Crippen LogP contribution in [0, 0.1) is 0 Å². The Morgan fingerprint density at radius 2 is 1.17 bits per heavy atom. The maximum absolute atomic E-state index is 12.6. The molecule has 5 rings (SSSR count). The van der Waals surface area contributed by atoms with Crippen LogP contribution < -0.4 is 10.4 Å². The Morgan fingerprint density at radius 3 is 1.67 bits per heavy atom. The lowest BCUT2D eigenvalue weighted by Gasteiger charge is -2.12. The SMILES string of the molecule is CCOC(=O)C(=Cc1ccc2c(=C3SC=CS3)c3ccccc3c(=C3SC=CS3)c2c1)C(=O)OCC. The zero-order valence-electron chi connectivity index (χ0n) is 19.6. The van der Waals surface area contributed by atoms with Gasteiger partial charge in [-0.2, -0.15) is 0 Å². The molecule has 0 bridgehead atoms. The number of hydrogen-bond donors (Lipinski definition) is 0. The quantitative estimate of drug-likeness (QED) is 0.117. The van der Waals surface area contributed by atoms with E-state index < -0.39 is 11.9 Å². The predicted octanol–water partition coefficient (Wildman–Crippen LogP) is 6.54. The van der Waals surface area contributed by atoms with Crippen LogP contribution in [0.1, 0.15) is 19.4 Å². The molecule has 0 saturated heterocycles. The average molecular weight is 551 g/mol. The van der Waals surface area contributed by atoms with Gasteiger partial charge in [0.05, 0.1) is 21.7 Å². The van der Waals surface area contributed by atoms with Crippen LogP contribution in [0.2, 0.25) is 0 Å². The molecular weight excluding hydrogens is 529 g/mol. The van der Waals surface area contributed by atoms with E-state index in [1.165, 1.54) is 24.5 Å². The molecule has 0 spiro atoms. The number of esters is 2. The number of hydrogen-bond acceptors (Lipinski definition) is 8. The average Bonchev–Trinajstić information content (AvgIpc) is 3.61. The second-order valence-electron chi connectivity index (χ2n) is 7.69. The molecule has 3 aromatic carbocycles.